The fourth-order valence-electron chi connectivity index (χ4n) is 2.50. The second-order valence-corrected chi connectivity index (χ2v) is 5.81. The zero-order valence-electron chi connectivity index (χ0n) is 11.2. The van der Waals surface area contributed by atoms with Crippen molar-refractivity contribution in [3.63, 3.8) is 0 Å². The first-order chi connectivity index (χ1) is 7.65. The molecule has 17 heavy (non-hydrogen) atoms. The van der Waals surface area contributed by atoms with Crippen LogP contribution in [0.15, 0.2) is 0 Å². The Kier molecular flexibility index (Phi) is 6.21. The molecule has 0 aliphatic rings. The molecule has 0 aliphatic carbocycles. The fourth-order valence-corrected chi connectivity index (χ4v) is 2.50. The van der Waals surface area contributed by atoms with Gasteiger partial charge in [0.05, 0.1) is 0 Å². The number of hydrogen-bond acceptors (Lipinski definition) is 2. The molecule has 0 spiro atoms. The second-order valence-electron chi connectivity index (χ2n) is 5.81. The van der Waals surface area contributed by atoms with E-state index in [9.17, 15) is 9.59 Å². The van der Waals surface area contributed by atoms with E-state index in [2.05, 4.69) is 13.8 Å². The summed E-state index contributed by atoms with van der Waals surface area (Å²) in [6.07, 6.45) is 1.43. The summed E-state index contributed by atoms with van der Waals surface area (Å²) >= 11 is 0. The van der Waals surface area contributed by atoms with Gasteiger partial charge in [-0.05, 0) is 30.1 Å². The minimum atomic E-state index is -0.860. The molecule has 0 fully saturated rings. The lowest BCUT2D eigenvalue weighted by molar-refractivity contribution is -0.141. The lowest BCUT2D eigenvalue weighted by Crippen LogP contribution is -2.28. The quantitative estimate of drug-likeness (QED) is 0.688. The number of rotatable bonds is 8. The molecule has 1 unspecified atom stereocenters. The van der Waals surface area contributed by atoms with E-state index in [0.717, 1.165) is 6.42 Å². The summed E-state index contributed by atoms with van der Waals surface area (Å²) < 4.78 is 0. The van der Waals surface area contributed by atoms with Crippen LogP contribution in [0, 0.1) is 17.3 Å². The third kappa shape index (κ3) is 6.97. The third-order valence-corrected chi connectivity index (χ3v) is 3.17. The monoisotopic (exact) mass is 244 g/mol. The third-order valence-electron chi connectivity index (χ3n) is 3.17. The van der Waals surface area contributed by atoms with Gasteiger partial charge in [0.15, 0.2) is 0 Å². The molecule has 0 amide bonds. The highest BCUT2D eigenvalue weighted by atomic mass is 16.4. The zero-order valence-corrected chi connectivity index (χ0v) is 11.2. The van der Waals surface area contributed by atoms with Gasteiger partial charge in [-0.15, -0.1) is 0 Å². The minimum absolute atomic E-state index is 0.0411. The summed E-state index contributed by atoms with van der Waals surface area (Å²) in [6.45, 7) is 8.25. The van der Waals surface area contributed by atoms with Crippen LogP contribution in [0.2, 0.25) is 0 Å². The van der Waals surface area contributed by atoms with Crippen molar-refractivity contribution in [2.45, 2.75) is 53.4 Å². The molecule has 0 aliphatic heterocycles. The molecule has 0 aromatic heterocycles. The molecule has 1 atom stereocenters. The maximum atomic E-state index is 10.8. The van der Waals surface area contributed by atoms with Crippen LogP contribution in [-0.4, -0.2) is 22.2 Å². The molecule has 0 heterocycles. The highest BCUT2D eigenvalue weighted by Crippen LogP contribution is 2.38. The number of carboxylic acid groups (broad SMARTS) is 2. The van der Waals surface area contributed by atoms with E-state index >= 15 is 0 Å². The predicted octanol–water partition coefficient (Wildman–Crippen LogP) is 3.01. The van der Waals surface area contributed by atoms with Gasteiger partial charge in [-0.1, -0.05) is 27.7 Å². The average Bonchev–Trinajstić information content (AvgIpc) is 2.08. The van der Waals surface area contributed by atoms with Gasteiger partial charge >= 0.3 is 11.9 Å². The molecule has 0 saturated carbocycles. The van der Waals surface area contributed by atoms with Crippen molar-refractivity contribution in [2.75, 3.05) is 0 Å². The van der Waals surface area contributed by atoms with Crippen molar-refractivity contribution in [3.05, 3.63) is 0 Å². The maximum absolute atomic E-state index is 10.8. The van der Waals surface area contributed by atoms with Crippen LogP contribution in [0.3, 0.4) is 0 Å². The Morgan fingerprint density at radius 2 is 1.65 bits per heavy atom. The lowest BCUT2D eigenvalue weighted by Gasteiger charge is -2.35. The van der Waals surface area contributed by atoms with Crippen molar-refractivity contribution >= 4 is 11.9 Å². The van der Waals surface area contributed by atoms with Crippen LogP contribution >= 0.6 is 0 Å². The summed E-state index contributed by atoms with van der Waals surface area (Å²) in [5.41, 5.74) is -0.137. The molecular formula is C13H24O4. The van der Waals surface area contributed by atoms with Crippen molar-refractivity contribution in [1.29, 1.82) is 0 Å². The van der Waals surface area contributed by atoms with Gasteiger partial charge in [0.25, 0.3) is 0 Å². The summed E-state index contributed by atoms with van der Waals surface area (Å²) in [4.78, 5) is 21.4. The Bertz CT molecular complexity index is 269. The minimum Gasteiger partial charge on any atom is -0.481 e. The topological polar surface area (TPSA) is 74.6 Å². The van der Waals surface area contributed by atoms with Gasteiger partial charge < -0.3 is 10.2 Å². The van der Waals surface area contributed by atoms with Gasteiger partial charge in [-0.3, -0.25) is 9.59 Å². The van der Waals surface area contributed by atoms with Crippen LogP contribution in [0.1, 0.15) is 53.4 Å². The lowest BCUT2D eigenvalue weighted by atomic mass is 9.70. The standard InChI is InChI=1S/C13H24O4/c1-9(2)8-13(3,4)10(7-12(16)17)5-6-11(14)15/h9-10H,5-8H2,1-4H3,(H,14,15)(H,16,17). The Hall–Kier alpha value is -1.06. The molecule has 2 N–H and O–H groups in total. The molecule has 4 heteroatoms. The number of hydrogen-bond donors (Lipinski definition) is 2. The van der Waals surface area contributed by atoms with Crippen LogP contribution in [0.5, 0.6) is 0 Å². The molecule has 0 aromatic carbocycles. The number of aliphatic carboxylic acids is 2. The van der Waals surface area contributed by atoms with Gasteiger partial charge in [0, 0.05) is 12.8 Å². The zero-order chi connectivity index (χ0) is 13.6. The number of carboxylic acids is 2. The smallest absolute Gasteiger partial charge is 0.303 e. The molecule has 100 valence electrons. The van der Waals surface area contributed by atoms with Crippen LogP contribution in [0.4, 0.5) is 0 Å². The van der Waals surface area contributed by atoms with Crippen molar-refractivity contribution in [3.8, 4) is 0 Å². The molecule has 0 bridgehead atoms. The van der Waals surface area contributed by atoms with Crippen LogP contribution < -0.4 is 0 Å². The highest BCUT2D eigenvalue weighted by molar-refractivity contribution is 5.68. The van der Waals surface area contributed by atoms with Crippen molar-refractivity contribution in [2.24, 2.45) is 17.3 Å². The number of carbonyl (C=O) groups is 2. The van der Waals surface area contributed by atoms with Crippen LogP contribution in [-0.2, 0) is 9.59 Å². The van der Waals surface area contributed by atoms with E-state index in [-0.39, 0.29) is 24.2 Å². The highest BCUT2D eigenvalue weighted by Gasteiger charge is 2.31. The van der Waals surface area contributed by atoms with E-state index < -0.39 is 11.9 Å². The van der Waals surface area contributed by atoms with E-state index in [1.807, 2.05) is 13.8 Å². The first kappa shape index (κ1) is 15.9. The van der Waals surface area contributed by atoms with Gasteiger partial charge in [-0.25, -0.2) is 0 Å². The summed E-state index contributed by atoms with van der Waals surface area (Å²) in [5.74, 6) is -1.32. The largest absolute Gasteiger partial charge is 0.481 e. The van der Waals surface area contributed by atoms with E-state index in [4.69, 9.17) is 10.2 Å². The summed E-state index contributed by atoms with van der Waals surface area (Å²) in [6, 6.07) is 0. The molecule has 0 radical (unpaired) electrons. The van der Waals surface area contributed by atoms with Crippen molar-refractivity contribution < 1.29 is 19.8 Å². The molecule has 0 rings (SSSR count). The van der Waals surface area contributed by atoms with Gasteiger partial charge in [-0.2, -0.15) is 0 Å². The van der Waals surface area contributed by atoms with E-state index in [1.54, 1.807) is 0 Å². The predicted molar refractivity (Wildman–Crippen MR) is 65.8 cm³/mol. The van der Waals surface area contributed by atoms with E-state index in [0.29, 0.717) is 12.3 Å². The van der Waals surface area contributed by atoms with E-state index in [1.165, 1.54) is 0 Å². The average molecular weight is 244 g/mol. The Labute approximate surface area is 103 Å². The first-order valence-electron chi connectivity index (χ1n) is 6.08. The summed E-state index contributed by atoms with van der Waals surface area (Å²) in [5, 5.41) is 17.6. The molecule has 0 aromatic rings. The second kappa shape index (κ2) is 6.62. The van der Waals surface area contributed by atoms with Crippen molar-refractivity contribution in [1.82, 2.24) is 0 Å². The summed E-state index contributed by atoms with van der Waals surface area (Å²) in [7, 11) is 0. The molecular weight excluding hydrogens is 220 g/mol. The van der Waals surface area contributed by atoms with Gasteiger partial charge in [0.2, 0.25) is 0 Å². The molecule has 4 nitrogen and oxygen atoms in total. The Morgan fingerprint density at radius 1 is 1.12 bits per heavy atom. The molecule has 0 saturated heterocycles. The SMILES string of the molecule is CC(C)CC(C)(C)C(CCC(=O)O)CC(=O)O. The fraction of sp³-hybridized carbons (Fsp3) is 0.846. The Balaban J connectivity index is 4.63. The maximum Gasteiger partial charge on any atom is 0.303 e. The first-order valence-corrected chi connectivity index (χ1v) is 6.08. The Morgan fingerprint density at radius 3 is 2.00 bits per heavy atom. The van der Waals surface area contributed by atoms with Crippen LogP contribution in [0.25, 0.3) is 0 Å². The normalized spacial score (nSPS) is 13.7. The van der Waals surface area contributed by atoms with Gasteiger partial charge in [0.1, 0.15) is 0 Å².